The molecule has 0 bridgehead atoms. The number of thioether (sulfide) groups is 1. The summed E-state index contributed by atoms with van der Waals surface area (Å²) in [5, 5.41) is 39.7. The van der Waals surface area contributed by atoms with Gasteiger partial charge in [0.2, 0.25) is 11.8 Å². The molecule has 9 atom stereocenters. The molecule has 202 valence electrons. The van der Waals surface area contributed by atoms with Gasteiger partial charge in [-0.3, -0.25) is 9.59 Å². The molecule has 1 saturated carbocycles. The molecule has 9 nitrogen and oxygen atoms in total. The van der Waals surface area contributed by atoms with Crippen LogP contribution in [0.25, 0.3) is 0 Å². The Bertz CT molecular complexity index is 696. The Kier molecular flexibility index (Phi) is 11.4. The minimum Gasteiger partial charge on any atom is -0.388 e. The van der Waals surface area contributed by atoms with Crippen LogP contribution in [0.15, 0.2) is 0 Å². The van der Waals surface area contributed by atoms with Crippen LogP contribution in [0, 0.1) is 5.92 Å². The Hall–Kier alpha value is -0.620. The lowest BCUT2D eigenvalue weighted by atomic mass is 9.92. The van der Waals surface area contributed by atoms with Gasteiger partial charge >= 0.3 is 0 Å². The van der Waals surface area contributed by atoms with E-state index in [4.69, 9.17) is 16.3 Å². The zero-order valence-corrected chi connectivity index (χ0v) is 22.3. The first-order chi connectivity index (χ1) is 16.7. The summed E-state index contributed by atoms with van der Waals surface area (Å²) >= 11 is 7.59. The van der Waals surface area contributed by atoms with E-state index in [1.165, 1.54) is 24.6 Å². The maximum absolute atomic E-state index is 13.1. The standard InChI is InChI=1S/C24H42ClN3O6S/c1-13(25)18(22-20(31)19(30)21(32)24(34-22)35-2)28-23(33)16-9-7-14(11-12-26-16)8-10-17(29)27-15-5-3-4-6-15/h13-16,18-22,24,26,30-32H,3-12H2,1-2H3,(H,27,29)(H,28,33)/t13-,14+,16-,18+,19?,20?,21+,22+,24?/m0/s1. The fourth-order valence-corrected chi connectivity index (χ4v) is 6.30. The van der Waals surface area contributed by atoms with E-state index in [0.717, 1.165) is 32.1 Å². The van der Waals surface area contributed by atoms with Crippen molar-refractivity contribution in [2.75, 3.05) is 12.8 Å². The minimum atomic E-state index is -1.40. The molecule has 2 heterocycles. The van der Waals surface area contributed by atoms with Crippen LogP contribution in [0.4, 0.5) is 0 Å². The van der Waals surface area contributed by atoms with Crippen LogP contribution in [0.3, 0.4) is 0 Å². The maximum atomic E-state index is 13.1. The molecule has 0 aromatic rings. The van der Waals surface area contributed by atoms with Crippen LogP contribution in [0.2, 0.25) is 0 Å². The zero-order chi connectivity index (χ0) is 25.5. The number of carbonyl (C=O) groups excluding carboxylic acids is 2. The first-order valence-electron chi connectivity index (χ1n) is 12.9. The number of rotatable bonds is 9. The van der Waals surface area contributed by atoms with E-state index in [0.29, 0.717) is 31.3 Å². The number of ether oxygens (including phenoxy) is 1. The molecule has 0 spiro atoms. The first kappa shape index (κ1) is 28.9. The lowest BCUT2D eigenvalue weighted by molar-refractivity contribution is -0.205. The fourth-order valence-electron chi connectivity index (χ4n) is 5.42. The zero-order valence-electron chi connectivity index (χ0n) is 20.7. The molecule has 3 fully saturated rings. The van der Waals surface area contributed by atoms with Gasteiger partial charge in [0.05, 0.1) is 17.5 Å². The van der Waals surface area contributed by atoms with Crippen molar-refractivity contribution in [3.63, 3.8) is 0 Å². The Balaban J connectivity index is 1.50. The summed E-state index contributed by atoms with van der Waals surface area (Å²) in [5.41, 5.74) is -0.740. The summed E-state index contributed by atoms with van der Waals surface area (Å²) in [6, 6.07) is -0.834. The SMILES string of the molecule is CSC1O[C@H]([C@H](NC(=O)[C@@H]2CC[C@H](CCC(=O)NC3CCCC3)CCN2)[C@H](C)Cl)C(O)C(O)[C@H]1O. The molecule has 2 aliphatic heterocycles. The van der Waals surface area contributed by atoms with E-state index < -0.39 is 47.3 Å². The predicted octanol–water partition coefficient (Wildman–Crippen LogP) is 0.866. The third kappa shape index (κ3) is 7.93. The summed E-state index contributed by atoms with van der Waals surface area (Å²) in [7, 11) is 0. The lowest BCUT2D eigenvalue weighted by Gasteiger charge is -2.44. The Morgan fingerprint density at radius 3 is 2.46 bits per heavy atom. The van der Waals surface area contributed by atoms with Gasteiger partial charge in [0.15, 0.2) is 0 Å². The number of halogens is 1. The van der Waals surface area contributed by atoms with Crippen molar-refractivity contribution in [2.24, 2.45) is 5.92 Å². The van der Waals surface area contributed by atoms with E-state index in [1.54, 1.807) is 13.2 Å². The van der Waals surface area contributed by atoms with E-state index in [2.05, 4.69) is 16.0 Å². The van der Waals surface area contributed by atoms with Gasteiger partial charge < -0.3 is 36.0 Å². The lowest BCUT2D eigenvalue weighted by Crippen LogP contribution is -2.65. The quantitative estimate of drug-likeness (QED) is 0.239. The summed E-state index contributed by atoms with van der Waals surface area (Å²) in [4.78, 5) is 25.4. The second-order valence-corrected chi connectivity index (χ2v) is 11.8. The third-order valence-electron chi connectivity index (χ3n) is 7.62. The molecule has 0 radical (unpaired) electrons. The topological polar surface area (TPSA) is 140 Å². The highest BCUT2D eigenvalue weighted by atomic mass is 35.5. The highest BCUT2D eigenvalue weighted by molar-refractivity contribution is 7.99. The largest absolute Gasteiger partial charge is 0.388 e. The van der Waals surface area contributed by atoms with Crippen molar-refractivity contribution in [1.29, 1.82) is 0 Å². The smallest absolute Gasteiger partial charge is 0.237 e. The van der Waals surface area contributed by atoms with Gasteiger partial charge in [0, 0.05) is 12.5 Å². The van der Waals surface area contributed by atoms with Crippen LogP contribution >= 0.6 is 23.4 Å². The Labute approximate surface area is 217 Å². The van der Waals surface area contributed by atoms with Gasteiger partial charge in [0.25, 0.3) is 0 Å². The van der Waals surface area contributed by atoms with Crippen molar-refractivity contribution < 1.29 is 29.6 Å². The second kappa shape index (κ2) is 13.8. The average Bonchev–Trinajstić information content (AvgIpc) is 3.22. The average molecular weight is 536 g/mol. The fraction of sp³-hybridized carbons (Fsp3) is 0.917. The number of aliphatic hydroxyl groups excluding tert-OH is 3. The molecular formula is C24H42ClN3O6S. The molecule has 2 amide bonds. The second-order valence-electron chi connectivity index (χ2n) is 10.2. The summed E-state index contributed by atoms with van der Waals surface area (Å²) in [6.07, 6.45) is 5.01. The molecular weight excluding hydrogens is 494 g/mol. The van der Waals surface area contributed by atoms with Gasteiger partial charge in [-0.05, 0) is 64.2 Å². The molecule has 3 aliphatic rings. The summed E-state index contributed by atoms with van der Waals surface area (Å²) in [5.74, 6) is 0.267. The molecule has 0 aromatic heterocycles. The third-order valence-corrected chi connectivity index (χ3v) is 8.75. The summed E-state index contributed by atoms with van der Waals surface area (Å²) in [6.45, 7) is 2.37. The van der Waals surface area contributed by atoms with E-state index in [9.17, 15) is 24.9 Å². The van der Waals surface area contributed by atoms with Crippen LogP contribution < -0.4 is 16.0 Å². The number of hydrogen-bond acceptors (Lipinski definition) is 8. The molecule has 3 unspecified atom stereocenters. The molecule has 1 aliphatic carbocycles. The molecule has 0 aromatic carbocycles. The first-order valence-corrected chi connectivity index (χ1v) is 14.6. The van der Waals surface area contributed by atoms with E-state index >= 15 is 0 Å². The summed E-state index contributed by atoms with van der Waals surface area (Å²) < 4.78 is 5.83. The van der Waals surface area contributed by atoms with E-state index in [-0.39, 0.29) is 11.8 Å². The van der Waals surface area contributed by atoms with Gasteiger partial charge in [0.1, 0.15) is 29.9 Å². The minimum absolute atomic E-state index is 0.129. The van der Waals surface area contributed by atoms with Crippen LogP contribution in [-0.2, 0) is 14.3 Å². The molecule has 35 heavy (non-hydrogen) atoms. The van der Waals surface area contributed by atoms with Gasteiger partial charge in [-0.1, -0.05) is 12.8 Å². The van der Waals surface area contributed by atoms with Crippen molar-refractivity contribution in [3.05, 3.63) is 0 Å². The maximum Gasteiger partial charge on any atom is 0.237 e. The monoisotopic (exact) mass is 535 g/mol. The van der Waals surface area contributed by atoms with Crippen molar-refractivity contribution in [2.45, 2.75) is 118 Å². The normalized spacial score (nSPS) is 36.2. The number of carbonyl (C=O) groups is 2. The number of aliphatic hydroxyl groups is 3. The number of amides is 2. The van der Waals surface area contributed by atoms with E-state index in [1.807, 2.05) is 0 Å². The van der Waals surface area contributed by atoms with Crippen LogP contribution in [-0.4, -0.2) is 93.3 Å². The highest BCUT2D eigenvalue weighted by Crippen LogP contribution is 2.30. The Morgan fingerprint density at radius 1 is 1.09 bits per heavy atom. The number of nitrogens with one attached hydrogen (secondary N) is 3. The van der Waals surface area contributed by atoms with Crippen LogP contribution in [0.1, 0.15) is 64.7 Å². The van der Waals surface area contributed by atoms with Gasteiger partial charge in [-0.15, -0.1) is 23.4 Å². The molecule has 11 heteroatoms. The van der Waals surface area contributed by atoms with Crippen molar-refractivity contribution >= 4 is 35.2 Å². The highest BCUT2D eigenvalue weighted by Gasteiger charge is 2.48. The Morgan fingerprint density at radius 2 is 1.80 bits per heavy atom. The van der Waals surface area contributed by atoms with Crippen molar-refractivity contribution in [1.82, 2.24) is 16.0 Å². The van der Waals surface area contributed by atoms with Gasteiger partial charge in [-0.2, -0.15) is 0 Å². The number of hydrogen-bond donors (Lipinski definition) is 6. The number of alkyl halides is 1. The molecule has 6 N–H and O–H groups in total. The predicted molar refractivity (Wildman–Crippen MR) is 136 cm³/mol. The van der Waals surface area contributed by atoms with Crippen LogP contribution in [0.5, 0.6) is 0 Å². The van der Waals surface area contributed by atoms with Crippen molar-refractivity contribution in [3.8, 4) is 0 Å². The molecule has 3 rings (SSSR count). The molecule has 2 saturated heterocycles. The van der Waals surface area contributed by atoms with Gasteiger partial charge in [-0.25, -0.2) is 0 Å².